The summed E-state index contributed by atoms with van der Waals surface area (Å²) in [4.78, 5) is 0. The Morgan fingerprint density at radius 2 is 2.00 bits per heavy atom. The minimum Gasteiger partial charge on any atom is -0.493 e. The van der Waals surface area contributed by atoms with Crippen molar-refractivity contribution in [3.8, 4) is 5.75 Å². The van der Waals surface area contributed by atoms with Crippen LogP contribution in [0.5, 0.6) is 5.75 Å². The van der Waals surface area contributed by atoms with Crippen LogP contribution in [0.15, 0.2) is 18.2 Å². The maximum atomic E-state index is 10.9. The van der Waals surface area contributed by atoms with Crippen LogP contribution in [0.3, 0.4) is 0 Å². The predicted molar refractivity (Wildman–Crippen MR) is 82.6 cm³/mol. The molecule has 3 rings (SSSR count). The zero-order chi connectivity index (χ0) is 14.7. The molecule has 1 N–H and O–H groups in total. The first-order valence-electron chi connectivity index (χ1n) is 8.26. The van der Waals surface area contributed by atoms with Crippen molar-refractivity contribution in [3.63, 3.8) is 0 Å². The number of ether oxygens (including phenoxy) is 2. The van der Waals surface area contributed by atoms with Gasteiger partial charge in [0, 0.05) is 12.7 Å². The number of aliphatic hydroxyl groups is 1. The van der Waals surface area contributed by atoms with Crippen LogP contribution in [-0.4, -0.2) is 24.9 Å². The number of fused-ring (bicyclic) bond motifs is 1. The molecule has 116 valence electrons. The van der Waals surface area contributed by atoms with Crippen molar-refractivity contribution in [1.29, 1.82) is 0 Å². The van der Waals surface area contributed by atoms with Crippen molar-refractivity contribution < 1.29 is 14.6 Å². The smallest absolute Gasteiger partial charge is 0.128 e. The second-order valence-electron chi connectivity index (χ2n) is 6.33. The minimum absolute atomic E-state index is 0.123. The molecule has 0 radical (unpaired) electrons. The maximum Gasteiger partial charge on any atom is 0.128 e. The van der Waals surface area contributed by atoms with E-state index < -0.39 is 6.10 Å². The molecule has 2 atom stereocenters. The lowest BCUT2D eigenvalue weighted by molar-refractivity contribution is -0.0569. The van der Waals surface area contributed by atoms with E-state index in [2.05, 4.69) is 6.07 Å². The van der Waals surface area contributed by atoms with Gasteiger partial charge in [0.2, 0.25) is 0 Å². The Bertz CT molecular complexity index is 466. The Hall–Kier alpha value is -1.06. The minimum atomic E-state index is -0.592. The number of hydrogen-bond acceptors (Lipinski definition) is 3. The maximum absolute atomic E-state index is 10.9. The lowest BCUT2D eigenvalue weighted by Crippen LogP contribution is -2.32. The van der Waals surface area contributed by atoms with Crippen molar-refractivity contribution >= 4 is 0 Å². The van der Waals surface area contributed by atoms with E-state index in [1.54, 1.807) is 7.11 Å². The third-order valence-corrected chi connectivity index (χ3v) is 4.98. The molecule has 0 amide bonds. The first-order valence-corrected chi connectivity index (χ1v) is 8.26. The van der Waals surface area contributed by atoms with Crippen LogP contribution in [-0.2, 0) is 11.2 Å². The molecule has 1 aliphatic heterocycles. The number of aryl methyl sites for hydroxylation is 1. The van der Waals surface area contributed by atoms with E-state index in [4.69, 9.17) is 9.47 Å². The molecular formula is C18H26O3. The summed E-state index contributed by atoms with van der Waals surface area (Å²) < 4.78 is 11.5. The quantitative estimate of drug-likeness (QED) is 0.920. The summed E-state index contributed by atoms with van der Waals surface area (Å²) in [6, 6.07) is 6.12. The second-order valence-corrected chi connectivity index (χ2v) is 6.33. The Morgan fingerprint density at radius 1 is 1.19 bits per heavy atom. The summed E-state index contributed by atoms with van der Waals surface area (Å²) in [5.74, 6) is 1.35. The van der Waals surface area contributed by atoms with E-state index in [0.29, 0.717) is 5.92 Å². The molecule has 0 saturated heterocycles. The van der Waals surface area contributed by atoms with Crippen LogP contribution in [0, 0.1) is 5.92 Å². The highest BCUT2D eigenvalue weighted by atomic mass is 16.5. The van der Waals surface area contributed by atoms with Crippen LogP contribution >= 0.6 is 0 Å². The predicted octanol–water partition coefficient (Wildman–Crippen LogP) is 3.64. The molecule has 0 bridgehead atoms. The standard InChI is InChI=1S/C18H26O3/c1-20-18(14-7-3-2-4-8-14)16(19)15-11-5-9-13-10-6-12-21-17(13)15/h5,9,11,14,16,18-19H,2-4,6-8,10,12H2,1H3. The molecule has 1 saturated carbocycles. The van der Waals surface area contributed by atoms with Crippen molar-refractivity contribution in [3.05, 3.63) is 29.3 Å². The Morgan fingerprint density at radius 3 is 2.76 bits per heavy atom. The zero-order valence-electron chi connectivity index (χ0n) is 12.9. The number of benzene rings is 1. The van der Waals surface area contributed by atoms with Gasteiger partial charge in [-0.1, -0.05) is 37.5 Å². The largest absolute Gasteiger partial charge is 0.493 e. The topological polar surface area (TPSA) is 38.7 Å². The average Bonchev–Trinajstić information content (AvgIpc) is 2.56. The average molecular weight is 290 g/mol. The molecule has 2 unspecified atom stereocenters. The Kier molecular flexibility index (Phi) is 4.81. The number of hydrogen-bond donors (Lipinski definition) is 1. The zero-order valence-corrected chi connectivity index (χ0v) is 12.9. The molecule has 2 aliphatic rings. The third-order valence-electron chi connectivity index (χ3n) is 4.98. The van der Waals surface area contributed by atoms with Crippen molar-refractivity contribution in [2.45, 2.75) is 57.2 Å². The van der Waals surface area contributed by atoms with Gasteiger partial charge in [0.05, 0.1) is 12.7 Å². The molecule has 3 heteroatoms. The Labute approximate surface area is 127 Å². The first-order chi connectivity index (χ1) is 10.3. The highest BCUT2D eigenvalue weighted by molar-refractivity contribution is 5.44. The summed E-state index contributed by atoms with van der Waals surface area (Å²) in [7, 11) is 1.72. The van der Waals surface area contributed by atoms with Gasteiger partial charge >= 0.3 is 0 Å². The van der Waals surface area contributed by atoms with E-state index in [-0.39, 0.29) is 6.10 Å². The molecule has 0 spiro atoms. The van der Waals surface area contributed by atoms with Crippen molar-refractivity contribution in [1.82, 2.24) is 0 Å². The third kappa shape index (κ3) is 3.09. The van der Waals surface area contributed by atoms with Gasteiger partial charge in [-0.3, -0.25) is 0 Å². The van der Waals surface area contributed by atoms with E-state index >= 15 is 0 Å². The van der Waals surface area contributed by atoms with Crippen molar-refractivity contribution in [2.24, 2.45) is 5.92 Å². The van der Waals surface area contributed by atoms with E-state index in [1.165, 1.54) is 24.8 Å². The molecule has 1 fully saturated rings. The van der Waals surface area contributed by atoms with Gasteiger partial charge in [0.1, 0.15) is 11.9 Å². The highest BCUT2D eigenvalue weighted by Gasteiger charge is 2.32. The fraction of sp³-hybridized carbons (Fsp3) is 0.667. The normalized spacial score (nSPS) is 22.2. The number of aliphatic hydroxyl groups excluding tert-OH is 1. The van der Waals surface area contributed by atoms with Crippen LogP contribution in [0.4, 0.5) is 0 Å². The number of methoxy groups -OCH3 is 1. The van der Waals surface area contributed by atoms with Crippen LogP contribution in [0.2, 0.25) is 0 Å². The monoisotopic (exact) mass is 290 g/mol. The van der Waals surface area contributed by atoms with Gasteiger partial charge in [-0.05, 0) is 37.2 Å². The lowest BCUT2D eigenvalue weighted by atomic mass is 9.81. The molecule has 1 aromatic rings. The SMILES string of the molecule is COC(C1CCCCC1)C(O)c1cccc2c1OCCC2. The lowest BCUT2D eigenvalue weighted by Gasteiger charge is -2.33. The van der Waals surface area contributed by atoms with E-state index in [9.17, 15) is 5.11 Å². The van der Waals surface area contributed by atoms with Gasteiger partial charge in [-0.15, -0.1) is 0 Å². The number of rotatable bonds is 4. The molecule has 1 aromatic carbocycles. The summed E-state index contributed by atoms with van der Waals surface area (Å²) in [6.07, 6.45) is 7.51. The van der Waals surface area contributed by atoms with Crippen LogP contribution < -0.4 is 4.74 Å². The second kappa shape index (κ2) is 6.80. The molecule has 1 heterocycles. The Balaban J connectivity index is 1.84. The fourth-order valence-corrected chi connectivity index (χ4v) is 3.87. The summed E-state index contributed by atoms with van der Waals surface area (Å²) in [5.41, 5.74) is 2.13. The van der Waals surface area contributed by atoms with Crippen LogP contribution in [0.1, 0.15) is 55.8 Å². The molecule has 1 aliphatic carbocycles. The van der Waals surface area contributed by atoms with E-state index in [0.717, 1.165) is 43.6 Å². The molecule has 21 heavy (non-hydrogen) atoms. The summed E-state index contributed by atoms with van der Waals surface area (Å²) >= 11 is 0. The van der Waals surface area contributed by atoms with Crippen molar-refractivity contribution in [2.75, 3.05) is 13.7 Å². The van der Waals surface area contributed by atoms with Gasteiger partial charge in [0.25, 0.3) is 0 Å². The van der Waals surface area contributed by atoms with Gasteiger partial charge in [-0.25, -0.2) is 0 Å². The number of para-hydroxylation sites is 1. The first kappa shape index (κ1) is 14.9. The molecule has 3 nitrogen and oxygen atoms in total. The van der Waals surface area contributed by atoms with Gasteiger partial charge in [0.15, 0.2) is 0 Å². The molecular weight excluding hydrogens is 264 g/mol. The summed E-state index contributed by atoms with van der Waals surface area (Å²) in [6.45, 7) is 0.748. The molecule has 0 aromatic heterocycles. The van der Waals surface area contributed by atoms with Gasteiger partial charge < -0.3 is 14.6 Å². The van der Waals surface area contributed by atoms with Gasteiger partial charge in [-0.2, -0.15) is 0 Å². The fourth-order valence-electron chi connectivity index (χ4n) is 3.87. The highest BCUT2D eigenvalue weighted by Crippen LogP contribution is 2.39. The summed E-state index contributed by atoms with van der Waals surface area (Å²) in [5, 5.41) is 10.9. The van der Waals surface area contributed by atoms with E-state index in [1.807, 2.05) is 12.1 Å². The van der Waals surface area contributed by atoms with Crippen LogP contribution in [0.25, 0.3) is 0 Å².